The van der Waals surface area contributed by atoms with Gasteiger partial charge in [-0.15, -0.1) is 0 Å². The summed E-state index contributed by atoms with van der Waals surface area (Å²) in [6.07, 6.45) is 0.597. The van der Waals surface area contributed by atoms with Gasteiger partial charge in [0.15, 0.2) is 0 Å². The molecule has 2 atom stereocenters. The van der Waals surface area contributed by atoms with E-state index in [9.17, 15) is 8.42 Å². The Bertz CT molecular complexity index is 571. The highest BCUT2D eigenvalue weighted by Crippen LogP contribution is 2.26. The topological polar surface area (TPSA) is 67.4 Å². The van der Waals surface area contributed by atoms with E-state index in [2.05, 4.69) is 10.0 Å². The fraction of sp³-hybridized carbons (Fsp3) is 0.600. The van der Waals surface area contributed by atoms with E-state index >= 15 is 0 Å². The normalized spacial score (nSPS) is 26.1. The molecule has 6 heteroatoms. The highest BCUT2D eigenvalue weighted by Gasteiger charge is 2.40. The molecule has 1 aliphatic heterocycles. The summed E-state index contributed by atoms with van der Waals surface area (Å²) in [5.74, 6) is -0.00482. The van der Waals surface area contributed by atoms with Gasteiger partial charge in [-0.25, -0.2) is 13.1 Å². The molecule has 0 bridgehead atoms. The Labute approximate surface area is 127 Å². The van der Waals surface area contributed by atoms with E-state index in [-0.39, 0.29) is 11.9 Å². The van der Waals surface area contributed by atoms with Crippen molar-refractivity contribution in [2.24, 2.45) is 0 Å². The number of nitrogens with one attached hydrogen (secondary N) is 2. The fourth-order valence-electron chi connectivity index (χ4n) is 2.54. The van der Waals surface area contributed by atoms with E-state index < -0.39 is 15.6 Å². The van der Waals surface area contributed by atoms with Gasteiger partial charge in [-0.3, -0.25) is 0 Å². The molecule has 2 N–H and O–H groups in total. The zero-order chi connectivity index (χ0) is 15.5. The Balaban J connectivity index is 2.03. The van der Waals surface area contributed by atoms with Crippen LogP contribution in [-0.4, -0.2) is 33.7 Å². The summed E-state index contributed by atoms with van der Waals surface area (Å²) in [5, 5.41) is 3.07. The zero-order valence-corrected chi connectivity index (χ0v) is 13.7. The number of benzene rings is 1. The lowest BCUT2D eigenvalue weighted by atomic mass is 9.97. The molecule has 1 fully saturated rings. The monoisotopic (exact) mass is 312 g/mol. The first-order chi connectivity index (χ1) is 9.85. The van der Waals surface area contributed by atoms with E-state index in [1.54, 1.807) is 0 Å². The maximum atomic E-state index is 12.3. The Morgan fingerprint density at radius 2 is 1.90 bits per heavy atom. The van der Waals surface area contributed by atoms with E-state index in [0.29, 0.717) is 13.0 Å². The van der Waals surface area contributed by atoms with Gasteiger partial charge in [0, 0.05) is 13.2 Å². The van der Waals surface area contributed by atoms with Crippen LogP contribution in [0.2, 0.25) is 0 Å². The SMILES string of the molecule is CNCc1ccc(CS(=O)(=O)NC2(C)CCOC2C)cc1. The minimum Gasteiger partial charge on any atom is -0.376 e. The summed E-state index contributed by atoms with van der Waals surface area (Å²) in [6.45, 7) is 5.18. The Hall–Kier alpha value is -0.950. The van der Waals surface area contributed by atoms with Gasteiger partial charge in [-0.05, 0) is 38.4 Å². The van der Waals surface area contributed by atoms with Crippen molar-refractivity contribution >= 4 is 10.0 Å². The maximum absolute atomic E-state index is 12.3. The molecule has 21 heavy (non-hydrogen) atoms. The van der Waals surface area contributed by atoms with Crippen LogP contribution >= 0.6 is 0 Å². The summed E-state index contributed by atoms with van der Waals surface area (Å²) in [4.78, 5) is 0. The third kappa shape index (κ3) is 4.26. The van der Waals surface area contributed by atoms with Gasteiger partial charge in [0.25, 0.3) is 0 Å². The van der Waals surface area contributed by atoms with Gasteiger partial charge in [-0.2, -0.15) is 0 Å². The molecule has 2 unspecified atom stereocenters. The van der Waals surface area contributed by atoms with Crippen molar-refractivity contribution in [1.82, 2.24) is 10.0 Å². The van der Waals surface area contributed by atoms with Crippen LogP contribution in [0.3, 0.4) is 0 Å². The van der Waals surface area contributed by atoms with E-state index in [0.717, 1.165) is 17.7 Å². The van der Waals surface area contributed by atoms with Crippen LogP contribution in [0.25, 0.3) is 0 Å². The summed E-state index contributed by atoms with van der Waals surface area (Å²) in [6, 6.07) is 7.63. The molecule has 0 radical (unpaired) electrons. The van der Waals surface area contributed by atoms with Crippen LogP contribution in [0, 0.1) is 0 Å². The number of rotatable bonds is 6. The molecule has 0 aromatic heterocycles. The molecule has 5 nitrogen and oxygen atoms in total. The Morgan fingerprint density at radius 1 is 1.29 bits per heavy atom. The first-order valence-electron chi connectivity index (χ1n) is 7.20. The van der Waals surface area contributed by atoms with Crippen molar-refractivity contribution in [3.63, 3.8) is 0 Å². The van der Waals surface area contributed by atoms with Crippen LogP contribution in [0.4, 0.5) is 0 Å². The van der Waals surface area contributed by atoms with Gasteiger partial charge in [0.2, 0.25) is 10.0 Å². The van der Waals surface area contributed by atoms with Crippen LogP contribution < -0.4 is 10.0 Å². The molecule has 1 aromatic carbocycles. The summed E-state index contributed by atoms with van der Waals surface area (Å²) >= 11 is 0. The van der Waals surface area contributed by atoms with E-state index in [1.807, 2.05) is 45.2 Å². The van der Waals surface area contributed by atoms with Gasteiger partial charge in [0.05, 0.1) is 17.4 Å². The van der Waals surface area contributed by atoms with Gasteiger partial charge < -0.3 is 10.1 Å². The largest absolute Gasteiger partial charge is 0.376 e. The molecule has 2 rings (SSSR count). The van der Waals surface area contributed by atoms with Gasteiger partial charge >= 0.3 is 0 Å². The summed E-state index contributed by atoms with van der Waals surface area (Å²) < 4.78 is 33.0. The average molecular weight is 312 g/mol. The highest BCUT2D eigenvalue weighted by molar-refractivity contribution is 7.88. The third-order valence-electron chi connectivity index (χ3n) is 4.04. The smallest absolute Gasteiger partial charge is 0.216 e. The number of hydrogen-bond donors (Lipinski definition) is 2. The molecular formula is C15H24N2O3S. The lowest BCUT2D eigenvalue weighted by molar-refractivity contribution is 0.0957. The molecule has 1 saturated heterocycles. The predicted octanol–water partition coefficient (Wildman–Crippen LogP) is 1.39. The van der Waals surface area contributed by atoms with E-state index in [1.165, 1.54) is 0 Å². The molecular weight excluding hydrogens is 288 g/mol. The third-order valence-corrected chi connectivity index (χ3v) is 5.53. The van der Waals surface area contributed by atoms with Gasteiger partial charge in [-0.1, -0.05) is 24.3 Å². The van der Waals surface area contributed by atoms with Crippen LogP contribution in [0.5, 0.6) is 0 Å². The number of hydrogen-bond acceptors (Lipinski definition) is 4. The minimum absolute atomic E-state index is 0.00482. The van der Waals surface area contributed by atoms with Crippen LogP contribution in [0.15, 0.2) is 24.3 Å². The second-order valence-electron chi connectivity index (χ2n) is 5.89. The maximum Gasteiger partial charge on any atom is 0.216 e. The minimum atomic E-state index is -3.38. The molecule has 1 aromatic rings. The highest BCUT2D eigenvalue weighted by atomic mass is 32.2. The molecule has 0 saturated carbocycles. The van der Waals surface area contributed by atoms with Crippen LogP contribution in [0.1, 0.15) is 31.4 Å². The van der Waals surface area contributed by atoms with E-state index in [4.69, 9.17) is 4.74 Å². The zero-order valence-electron chi connectivity index (χ0n) is 12.8. The summed E-state index contributed by atoms with van der Waals surface area (Å²) in [7, 11) is -1.50. The van der Waals surface area contributed by atoms with Crippen molar-refractivity contribution < 1.29 is 13.2 Å². The quantitative estimate of drug-likeness (QED) is 0.833. The summed E-state index contributed by atoms with van der Waals surface area (Å²) in [5.41, 5.74) is 1.42. The average Bonchev–Trinajstić information content (AvgIpc) is 2.70. The lowest BCUT2D eigenvalue weighted by Gasteiger charge is -2.28. The fourth-order valence-corrected chi connectivity index (χ4v) is 4.22. The molecule has 118 valence electrons. The number of sulfonamides is 1. The van der Waals surface area contributed by atoms with Crippen molar-refractivity contribution in [2.45, 2.75) is 44.2 Å². The molecule has 0 amide bonds. The number of ether oxygens (including phenoxy) is 1. The molecule has 1 heterocycles. The van der Waals surface area contributed by atoms with Gasteiger partial charge in [0.1, 0.15) is 0 Å². The first kappa shape index (κ1) is 16.4. The first-order valence-corrected chi connectivity index (χ1v) is 8.85. The molecule has 0 aliphatic carbocycles. The van der Waals surface area contributed by atoms with Crippen molar-refractivity contribution in [3.05, 3.63) is 35.4 Å². The van der Waals surface area contributed by atoms with Crippen molar-refractivity contribution in [2.75, 3.05) is 13.7 Å². The van der Waals surface area contributed by atoms with Crippen LogP contribution in [-0.2, 0) is 27.1 Å². The molecule has 0 spiro atoms. The van der Waals surface area contributed by atoms with Crippen molar-refractivity contribution in [3.8, 4) is 0 Å². The second kappa shape index (κ2) is 6.44. The predicted molar refractivity (Wildman–Crippen MR) is 83.4 cm³/mol. The standard InChI is InChI=1S/C15H24N2O3S/c1-12-15(2,8-9-20-12)17-21(18,19)11-14-6-4-13(5-7-14)10-16-3/h4-7,12,16-17H,8-11H2,1-3H3. The lowest BCUT2D eigenvalue weighted by Crippen LogP contribution is -2.50. The Morgan fingerprint density at radius 3 is 2.43 bits per heavy atom. The molecule has 1 aliphatic rings. The van der Waals surface area contributed by atoms with Crippen molar-refractivity contribution in [1.29, 1.82) is 0 Å². The Kier molecular flexibility index (Phi) is 5.03. The second-order valence-corrected chi connectivity index (χ2v) is 7.61.